The number of fused-ring (bicyclic) bond motifs is 4. The summed E-state index contributed by atoms with van der Waals surface area (Å²) in [6, 6.07) is 4.43. The van der Waals surface area contributed by atoms with Gasteiger partial charge in [-0.2, -0.15) is 0 Å². The number of amides is 1. The van der Waals surface area contributed by atoms with E-state index in [4.69, 9.17) is 4.42 Å². The lowest BCUT2D eigenvalue weighted by Gasteiger charge is -2.49. The van der Waals surface area contributed by atoms with E-state index in [1.807, 2.05) is 6.07 Å². The van der Waals surface area contributed by atoms with Gasteiger partial charge in [0.15, 0.2) is 5.88 Å². The molecule has 4 aliphatic rings. The molecule has 1 N–H and O–H groups in total. The fourth-order valence-electron chi connectivity index (χ4n) is 5.00. The fourth-order valence-corrected chi connectivity index (χ4v) is 5.00. The number of likely N-dealkylation sites (N-methyl/N-ethyl adjacent to an activating group) is 1. The zero-order chi connectivity index (χ0) is 19.3. The van der Waals surface area contributed by atoms with Gasteiger partial charge in [0.2, 0.25) is 0 Å². The van der Waals surface area contributed by atoms with Gasteiger partial charge in [0.05, 0.1) is 0 Å². The Morgan fingerprint density at radius 1 is 1.14 bits per heavy atom. The number of nitrogens with zero attached hydrogens (tertiary/aromatic N) is 4. The molecular weight excluding hydrogens is 354 g/mol. The Morgan fingerprint density at radius 3 is 2.61 bits per heavy atom. The highest BCUT2D eigenvalue weighted by Gasteiger charge is 2.40. The summed E-state index contributed by atoms with van der Waals surface area (Å²) in [4.78, 5) is 24.4. The molecule has 0 radical (unpaired) electrons. The number of piperidine rings is 3. The molecule has 7 heteroatoms. The minimum absolute atomic E-state index is 0.0925. The summed E-state index contributed by atoms with van der Waals surface area (Å²) in [5.74, 6) is 1.36. The van der Waals surface area contributed by atoms with Gasteiger partial charge in [-0.3, -0.25) is 14.7 Å². The van der Waals surface area contributed by atoms with Crippen molar-refractivity contribution in [1.82, 2.24) is 20.1 Å². The van der Waals surface area contributed by atoms with Gasteiger partial charge < -0.3 is 19.5 Å². The molecule has 7 nitrogen and oxygen atoms in total. The third-order valence-corrected chi connectivity index (χ3v) is 6.91. The standard InChI is InChI=1S/C21H29N5O2/c1-14-20(15-3-5-25(14)6-4-15)23-21(27)17-12-18-16(13-22-17)11-19(28-18)26-9-7-24(2)8-10-26/h11-15,20H,3-10H2,1-2H3,(H,23,27). The molecule has 2 aromatic rings. The number of carbonyl (C=O) groups excluding carboxylic acids is 1. The van der Waals surface area contributed by atoms with E-state index < -0.39 is 0 Å². The van der Waals surface area contributed by atoms with E-state index in [-0.39, 0.29) is 11.9 Å². The summed E-state index contributed by atoms with van der Waals surface area (Å²) in [6.45, 7) is 8.50. The first-order chi connectivity index (χ1) is 13.6. The number of hydrogen-bond acceptors (Lipinski definition) is 6. The minimum atomic E-state index is -0.0925. The number of hydrogen-bond donors (Lipinski definition) is 1. The SMILES string of the molecule is CC1C(NC(=O)c2cc3oc(N4CCN(C)CC4)cc3cn2)C2CCN1CC2. The van der Waals surface area contributed by atoms with Gasteiger partial charge in [0, 0.05) is 62.0 Å². The predicted octanol–water partition coefficient (Wildman–Crippen LogP) is 1.79. The number of aromatic nitrogens is 1. The highest BCUT2D eigenvalue weighted by molar-refractivity contribution is 5.96. The first-order valence-electron chi connectivity index (χ1n) is 10.5. The number of furan rings is 1. The molecule has 2 unspecified atom stereocenters. The quantitative estimate of drug-likeness (QED) is 0.872. The second-order valence-corrected chi connectivity index (χ2v) is 8.60. The Hall–Kier alpha value is -2.12. The summed E-state index contributed by atoms with van der Waals surface area (Å²) in [5, 5.41) is 4.20. The maximum absolute atomic E-state index is 12.9. The van der Waals surface area contributed by atoms with Crippen molar-refractivity contribution in [2.75, 3.05) is 51.2 Å². The lowest BCUT2D eigenvalue weighted by Crippen LogP contribution is -2.62. The van der Waals surface area contributed by atoms with Crippen LogP contribution in [0, 0.1) is 5.92 Å². The van der Waals surface area contributed by atoms with Gasteiger partial charge in [-0.15, -0.1) is 0 Å². The van der Waals surface area contributed by atoms with Crippen molar-refractivity contribution < 1.29 is 9.21 Å². The molecule has 2 bridgehead atoms. The fraction of sp³-hybridized carbons (Fsp3) is 0.619. The van der Waals surface area contributed by atoms with E-state index in [0.717, 1.165) is 56.1 Å². The van der Waals surface area contributed by atoms with Crippen molar-refractivity contribution in [2.45, 2.75) is 31.8 Å². The van der Waals surface area contributed by atoms with Crippen molar-refractivity contribution in [2.24, 2.45) is 5.92 Å². The first kappa shape index (κ1) is 17.9. The number of anilines is 1. The third kappa shape index (κ3) is 3.16. The Bertz CT molecular complexity index is 863. The molecule has 6 rings (SSSR count). The van der Waals surface area contributed by atoms with Crippen LogP contribution in [0.3, 0.4) is 0 Å². The predicted molar refractivity (Wildman–Crippen MR) is 109 cm³/mol. The highest BCUT2D eigenvalue weighted by Crippen LogP contribution is 2.32. The zero-order valence-corrected chi connectivity index (χ0v) is 16.7. The second-order valence-electron chi connectivity index (χ2n) is 8.60. The van der Waals surface area contributed by atoms with Crippen LogP contribution >= 0.6 is 0 Å². The van der Waals surface area contributed by atoms with Crippen LogP contribution in [0.15, 0.2) is 22.7 Å². The molecule has 150 valence electrons. The summed E-state index contributed by atoms with van der Waals surface area (Å²) >= 11 is 0. The molecule has 0 saturated carbocycles. The van der Waals surface area contributed by atoms with E-state index in [1.165, 1.54) is 12.8 Å². The van der Waals surface area contributed by atoms with Crippen LogP contribution in [0.4, 0.5) is 5.88 Å². The van der Waals surface area contributed by atoms with Crippen LogP contribution in [0.1, 0.15) is 30.3 Å². The molecule has 0 aromatic carbocycles. The van der Waals surface area contributed by atoms with Crippen molar-refractivity contribution >= 4 is 22.8 Å². The lowest BCUT2D eigenvalue weighted by atomic mass is 9.79. The second kappa shape index (κ2) is 7.04. The van der Waals surface area contributed by atoms with Gasteiger partial charge in [0.25, 0.3) is 5.91 Å². The third-order valence-electron chi connectivity index (χ3n) is 6.91. The largest absolute Gasteiger partial charge is 0.440 e. The summed E-state index contributed by atoms with van der Waals surface area (Å²) < 4.78 is 6.07. The molecule has 0 spiro atoms. The van der Waals surface area contributed by atoms with Crippen LogP contribution in [0.5, 0.6) is 0 Å². The molecule has 4 aliphatic heterocycles. The normalized spacial score (nSPS) is 30.7. The number of rotatable bonds is 3. The Labute approximate surface area is 165 Å². The maximum Gasteiger partial charge on any atom is 0.270 e. The summed E-state index contributed by atoms with van der Waals surface area (Å²) in [6.07, 6.45) is 4.11. The molecule has 1 amide bonds. The Kier molecular flexibility index (Phi) is 4.51. The van der Waals surface area contributed by atoms with Crippen LogP contribution in [-0.4, -0.2) is 79.1 Å². The molecular formula is C21H29N5O2. The number of piperazine rings is 1. The van der Waals surface area contributed by atoms with Crippen LogP contribution < -0.4 is 10.2 Å². The van der Waals surface area contributed by atoms with E-state index in [9.17, 15) is 4.79 Å². The number of carbonyl (C=O) groups is 1. The van der Waals surface area contributed by atoms with Gasteiger partial charge in [-0.05, 0) is 45.8 Å². The average Bonchev–Trinajstić information content (AvgIpc) is 3.14. The topological polar surface area (TPSA) is 64.9 Å². The van der Waals surface area contributed by atoms with Crippen molar-refractivity contribution in [3.05, 3.63) is 24.0 Å². The van der Waals surface area contributed by atoms with Crippen molar-refractivity contribution in [3.63, 3.8) is 0 Å². The molecule has 28 heavy (non-hydrogen) atoms. The molecule has 0 aliphatic carbocycles. The molecule has 6 heterocycles. The molecule has 2 aromatic heterocycles. The van der Waals surface area contributed by atoms with Crippen molar-refractivity contribution in [1.29, 1.82) is 0 Å². The van der Waals surface area contributed by atoms with Crippen LogP contribution in [0.2, 0.25) is 0 Å². The van der Waals surface area contributed by atoms with Crippen LogP contribution in [0.25, 0.3) is 11.0 Å². The summed E-state index contributed by atoms with van der Waals surface area (Å²) in [7, 11) is 2.14. The van der Waals surface area contributed by atoms with E-state index >= 15 is 0 Å². The van der Waals surface area contributed by atoms with Gasteiger partial charge >= 0.3 is 0 Å². The zero-order valence-electron chi connectivity index (χ0n) is 16.7. The smallest absolute Gasteiger partial charge is 0.270 e. The highest BCUT2D eigenvalue weighted by atomic mass is 16.4. The van der Waals surface area contributed by atoms with E-state index in [2.05, 4.69) is 39.0 Å². The van der Waals surface area contributed by atoms with Gasteiger partial charge in [0.1, 0.15) is 11.3 Å². The number of nitrogens with one attached hydrogen (secondary N) is 1. The van der Waals surface area contributed by atoms with E-state index in [1.54, 1.807) is 12.3 Å². The Morgan fingerprint density at radius 2 is 1.89 bits per heavy atom. The molecule has 4 saturated heterocycles. The lowest BCUT2D eigenvalue weighted by molar-refractivity contribution is 0.0216. The van der Waals surface area contributed by atoms with Gasteiger partial charge in [-0.25, -0.2) is 0 Å². The first-order valence-corrected chi connectivity index (χ1v) is 10.5. The molecule has 2 atom stereocenters. The van der Waals surface area contributed by atoms with Crippen molar-refractivity contribution in [3.8, 4) is 0 Å². The molecule has 4 fully saturated rings. The van der Waals surface area contributed by atoms with Gasteiger partial charge in [-0.1, -0.05) is 0 Å². The summed E-state index contributed by atoms with van der Waals surface area (Å²) in [5.41, 5.74) is 1.17. The van der Waals surface area contributed by atoms with E-state index in [0.29, 0.717) is 17.7 Å². The average molecular weight is 383 g/mol. The minimum Gasteiger partial charge on any atom is -0.440 e. The maximum atomic E-state index is 12.9. The monoisotopic (exact) mass is 383 g/mol. The van der Waals surface area contributed by atoms with Crippen LogP contribution in [-0.2, 0) is 0 Å². The number of pyridine rings is 1. The Balaban J connectivity index is 1.32.